The Labute approximate surface area is 179 Å². The Morgan fingerprint density at radius 2 is 1.87 bits per heavy atom. The van der Waals surface area contributed by atoms with Crippen LogP contribution >= 0.6 is 0 Å². The maximum absolute atomic E-state index is 9.92. The third-order valence-corrected chi connectivity index (χ3v) is 5.14. The van der Waals surface area contributed by atoms with Crippen molar-refractivity contribution in [2.24, 2.45) is 5.73 Å². The van der Waals surface area contributed by atoms with Gasteiger partial charge in [-0.2, -0.15) is 5.26 Å². The molecule has 0 saturated carbocycles. The molecule has 8 heteroatoms. The van der Waals surface area contributed by atoms with Crippen LogP contribution in [0.25, 0.3) is 11.3 Å². The number of benzene rings is 2. The van der Waals surface area contributed by atoms with Crippen LogP contribution in [0.15, 0.2) is 53.9 Å². The molecule has 31 heavy (non-hydrogen) atoms. The molecule has 0 aliphatic carbocycles. The largest absolute Gasteiger partial charge is 0.497 e. The number of allylic oxidation sites excluding steroid dienone is 1. The lowest BCUT2D eigenvalue weighted by Crippen LogP contribution is -2.21. The van der Waals surface area contributed by atoms with Gasteiger partial charge in [0.05, 0.1) is 38.0 Å². The highest BCUT2D eigenvalue weighted by atomic mass is 16.5. The number of aromatic nitrogens is 2. The fraction of sp³-hybridized carbons (Fsp3) is 0.217. The summed E-state index contributed by atoms with van der Waals surface area (Å²) < 4.78 is 22.2. The zero-order valence-electron chi connectivity index (χ0n) is 17.4. The molecule has 0 saturated heterocycles. The summed E-state index contributed by atoms with van der Waals surface area (Å²) >= 11 is 0. The number of ether oxygens (including phenoxy) is 4. The van der Waals surface area contributed by atoms with Gasteiger partial charge in [0, 0.05) is 11.1 Å². The van der Waals surface area contributed by atoms with Crippen LogP contribution in [0.2, 0.25) is 0 Å². The Bertz CT molecular complexity index is 1180. The highest BCUT2D eigenvalue weighted by molar-refractivity contribution is 5.72. The minimum absolute atomic E-state index is 0.00890. The Morgan fingerprint density at radius 3 is 2.52 bits per heavy atom. The van der Waals surface area contributed by atoms with Crippen LogP contribution in [-0.2, 0) is 0 Å². The van der Waals surface area contributed by atoms with E-state index < -0.39 is 5.92 Å². The Morgan fingerprint density at radius 1 is 1.13 bits per heavy atom. The van der Waals surface area contributed by atoms with E-state index in [0.29, 0.717) is 35.2 Å². The molecule has 3 aromatic rings. The summed E-state index contributed by atoms with van der Waals surface area (Å²) in [6.07, 6.45) is 0. The number of aromatic amines is 1. The van der Waals surface area contributed by atoms with Gasteiger partial charge in [-0.1, -0.05) is 0 Å². The van der Waals surface area contributed by atoms with Crippen LogP contribution in [0.4, 0.5) is 0 Å². The van der Waals surface area contributed by atoms with Gasteiger partial charge in [0.15, 0.2) is 0 Å². The van der Waals surface area contributed by atoms with E-state index in [1.165, 1.54) is 0 Å². The molecule has 0 bridgehead atoms. The quantitative estimate of drug-likeness (QED) is 0.627. The van der Waals surface area contributed by atoms with E-state index in [9.17, 15) is 5.26 Å². The fourth-order valence-electron chi connectivity index (χ4n) is 3.73. The van der Waals surface area contributed by atoms with Crippen molar-refractivity contribution in [3.63, 3.8) is 0 Å². The van der Waals surface area contributed by atoms with E-state index in [0.717, 1.165) is 16.9 Å². The molecule has 1 aliphatic rings. The van der Waals surface area contributed by atoms with Gasteiger partial charge in [0.2, 0.25) is 11.8 Å². The molecule has 1 aromatic heterocycles. The number of fused-ring (bicyclic) bond motifs is 1. The van der Waals surface area contributed by atoms with Crippen molar-refractivity contribution in [2.45, 2.75) is 12.8 Å². The lowest BCUT2D eigenvalue weighted by Gasteiger charge is -2.25. The molecule has 0 radical (unpaired) electrons. The number of nitrogens with zero attached hydrogens (tertiary/aromatic N) is 2. The van der Waals surface area contributed by atoms with Gasteiger partial charge < -0.3 is 24.7 Å². The Hall–Kier alpha value is -4.12. The number of hydrogen-bond acceptors (Lipinski definition) is 7. The summed E-state index contributed by atoms with van der Waals surface area (Å²) in [6, 6.07) is 15.2. The smallest absolute Gasteiger partial charge is 0.244 e. The zero-order valence-corrected chi connectivity index (χ0v) is 17.4. The minimum atomic E-state index is -0.556. The van der Waals surface area contributed by atoms with Gasteiger partial charge in [-0.15, -0.1) is 5.10 Å². The second-order valence-corrected chi connectivity index (χ2v) is 6.81. The van der Waals surface area contributed by atoms with Crippen molar-refractivity contribution < 1.29 is 18.9 Å². The number of nitriles is 1. The molecule has 1 aliphatic heterocycles. The summed E-state index contributed by atoms with van der Waals surface area (Å²) in [4.78, 5) is 0. The Kier molecular flexibility index (Phi) is 5.41. The van der Waals surface area contributed by atoms with Crippen LogP contribution in [-0.4, -0.2) is 31.0 Å². The first-order valence-electron chi connectivity index (χ1n) is 9.72. The van der Waals surface area contributed by atoms with E-state index >= 15 is 0 Å². The van der Waals surface area contributed by atoms with Crippen LogP contribution in [0, 0.1) is 11.3 Å². The molecule has 2 heterocycles. The maximum Gasteiger partial charge on any atom is 0.244 e. The zero-order chi connectivity index (χ0) is 22.0. The maximum atomic E-state index is 9.92. The predicted octanol–water partition coefficient (Wildman–Crippen LogP) is 3.71. The third-order valence-electron chi connectivity index (χ3n) is 5.14. The summed E-state index contributed by atoms with van der Waals surface area (Å²) in [5.41, 5.74) is 9.36. The monoisotopic (exact) mass is 418 g/mol. The first-order valence-corrected chi connectivity index (χ1v) is 9.72. The van der Waals surface area contributed by atoms with Crippen molar-refractivity contribution in [3.05, 3.63) is 65.0 Å². The molecule has 1 atom stereocenters. The van der Waals surface area contributed by atoms with Crippen molar-refractivity contribution in [2.75, 3.05) is 20.8 Å². The van der Waals surface area contributed by atoms with E-state index in [4.69, 9.17) is 24.7 Å². The first-order chi connectivity index (χ1) is 15.1. The van der Waals surface area contributed by atoms with Gasteiger partial charge in [-0.3, -0.25) is 5.10 Å². The number of methoxy groups -OCH3 is 2. The summed E-state index contributed by atoms with van der Waals surface area (Å²) in [6.45, 7) is 2.52. The van der Waals surface area contributed by atoms with Crippen molar-refractivity contribution >= 4 is 0 Å². The molecule has 3 N–H and O–H groups in total. The predicted molar refractivity (Wildman–Crippen MR) is 114 cm³/mol. The molecular formula is C23H22N4O4. The van der Waals surface area contributed by atoms with E-state index in [2.05, 4.69) is 16.3 Å². The fourth-order valence-corrected chi connectivity index (χ4v) is 3.73. The second-order valence-electron chi connectivity index (χ2n) is 6.81. The van der Waals surface area contributed by atoms with Crippen LogP contribution in [0.1, 0.15) is 24.0 Å². The molecule has 8 nitrogen and oxygen atoms in total. The lowest BCUT2D eigenvalue weighted by atomic mass is 9.82. The summed E-state index contributed by atoms with van der Waals surface area (Å²) in [7, 11) is 3.16. The molecule has 158 valence electrons. The number of nitrogens with one attached hydrogen (secondary N) is 1. The molecular weight excluding hydrogens is 396 g/mol. The summed E-state index contributed by atoms with van der Waals surface area (Å²) in [5.74, 6) is 1.76. The third kappa shape index (κ3) is 3.51. The second kappa shape index (κ2) is 8.32. The topological polar surface area (TPSA) is 115 Å². The SMILES string of the molecule is CCOc1ccc(-c2[nH]nc3c2C(c2cc(OC)ccc2OC)C(C#N)=C(N)O3)cc1. The number of H-pyrrole nitrogens is 1. The Balaban J connectivity index is 1.92. The molecule has 4 rings (SSSR count). The van der Waals surface area contributed by atoms with E-state index in [1.807, 2.05) is 37.3 Å². The highest BCUT2D eigenvalue weighted by Gasteiger charge is 2.37. The number of nitrogens with two attached hydrogens (primary N) is 1. The number of hydrogen-bond donors (Lipinski definition) is 2. The van der Waals surface area contributed by atoms with Crippen molar-refractivity contribution in [1.29, 1.82) is 5.26 Å². The molecule has 0 amide bonds. The standard InChI is InChI=1S/C23H22N4O4/c1-4-30-14-7-5-13(6-8-14)21-20-19(16-11-15(28-2)9-10-18(16)29-3)17(12-24)22(25)31-23(20)27-26-21/h5-11,19H,4,25H2,1-3H3,(H,26,27). The van der Waals surface area contributed by atoms with Crippen LogP contribution in [0.5, 0.6) is 23.1 Å². The van der Waals surface area contributed by atoms with Crippen LogP contribution in [0.3, 0.4) is 0 Å². The molecule has 1 unspecified atom stereocenters. The van der Waals surface area contributed by atoms with Gasteiger partial charge >= 0.3 is 0 Å². The van der Waals surface area contributed by atoms with Crippen molar-refractivity contribution in [1.82, 2.24) is 10.2 Å². The number of rotatable bonds is 6. The van der Waals surface area contributed by atoms with E-state index in [1.54, 1.807) is 26.4 Å². The molecule has 0 spiro atoms. The van der Waals surface area contributed by atoms with Crippen molar-refractivity contribution in [3.8, 4) is 40.5 Å². The van der Waals surface area contributed by atoms with Crippen LogP contribution < -0.4 is 24.7 Å². The molecule has 2 aromatic carbocycles. The summed E-state index contributed by atoms with van der Waals surface area (Å²) in [5, 5.41) is 17.3. The first kappa shape index (κ1) is 20.2. The van der Waals surface area contributed by atoms with Gasteiger partial charge in [-0.25, -0.2) is 0 Å². The van der Waals surface area contributed by atoms with Gasteiger partial charge in [0.25, 0.3) is 0 Å². The highest BCUT2D eigenvalue weighted by Crippen LogP contribution is 2.48. The average Bonchev–Trinajstić information content (AvgIpc) is 3.21. The van der Waals surface area contributed by atoms with Gasteiger partial charge in [0.1, 0.15) is 28.9 Å². The van der Waals surface area contributed by atoms with Gasteiger partial charge in [-0.05, 0) is 49.4 Å². The minimum Gasteiger partial charge on any atom is -0.497 e. The van der Waals surface area contributed by atoms with E-state index in [-0.39, 0.29) is 11.5 Å². The average molecular weight is 418 g/mol. The normalized spacial score (nSPS) is 15.0. The molecule has 0 fully saturated rings. The lowest BCUT2D eigenvalue weighted by molar-refractivity contribution is 0.340.